The number of rotatable bonds is 7. The summed E-state index contributed by atoms with van der Waals surface area (Å²) in [5.41, 5.74) is 1.24. The minimum Gasteiger partial charge on any atom is -0.493 e. The van der Waals surface area contributed by atoms with Gasteiger partial charge in [0.05, 0.1) is 20.8 Å². The Bertz CT molecular complexity index is 1360. The molecule has 9 nitrogen and oxygen atoms in total. The van der Waals surface area contributed by atoms with Gasteiger partial charge in [-0.1, -0.05) is 42.5 Å². The average Bonchev–Trinajstić information content (AvgIpc) is 2.96. The standard InChI is InChI=1S/C29H31N3O6/c1-4-38-29(35)32-16-14-31(15-17-32)28(34)24(18-21-10-7-9-20-8-5-6-11-23(20)21)30-27(33)22-12-13-25(36-2)26(19-22)37-3/h5-13,18-19H,4,14-17H2,1-3H3,(H,30,33). The number of piperazine rings is 1. The predicted molar refractivity (Wildman–Crippen MR) is 144 cm³/mol. The Labute approximate surface area is 221 Å². The lowest BCUT2D eigenvalue weighted by atomic mass is 10.0. The summed E-state index contributed by atoms with van der Waals surface area (Å²) in [4.78, 5) is 42.3. The number of methoxy groups -OCH3 is 2. The average molecular weight is 518 g/mol. The van der Waals surface area contributed by atoms with Crippen LogP contribution in [0, 0.1) is 0 Å². The van der Waals surface area contributed by atoms with Crippen LogP contribution in [0.25, 0.3) is 16.8 Å². The van der Waals surface area contributed by atoms with E-state index < -0.39 is 12.0 Å². The first-order chi connectivity index (χ1) is 18.4. The van der Waals surface area contributed by atoms with Crippen LogP contribution in [-0.4, -0.2) is 74.7 Å². The van der Waals surface area contributed by atoms with Gasteiger partial charge in [0.2, 0.25) is 0 Å². The van der Waals surface area contributed by atoms with E-state index in [0.29, 0.717) is 43.2 Å². The first-order valence-electron chi connectivity index (χ1n) is 12.4. The lowest BCUT2D eigenvalue weighted by Crippen LogP contribution is -2.52. The van der Waals surface area contributed by atoms with Crippen molar-refractivity contribution in [2.75, 3.05) is 47.0 Å². The fraction of sp³-hybridized carbons (Fsp3) is 0.276. The number of amides is 3. The molecule has 4 rings (SSSR count). The highest BCUT2D eigenvalue weighted by Gasteiger charge is 2.28. The van der Waals surface area contributed by atoms with E-state index in [1.807, 2.05) is 42.5 Å². The van der Waals surface area contributed by atoms with Crippen molar-refractivity contribution >= 4 is 34.8 Å². The van der Waals surface area contributed by atoms with Crippen LogP contribution in [0.3, 0.4) is 0 Å². The number of carbonyl (C=O) groups excluding carboxylic acids is 3. The molecule has 1 aliphatic rings. The van der Waals surface area contributed by atoms with Crippen molar-refractivity contribution in [2.24, 2.45) is 0 Å². The summed E-state index contributed by atoms with van der Waals surface area (Å²) in [6.07, 6.45) is 1.30. The number of nitrogens with one attached hydrogen (secondary N) is 1. The Morgan fingerprint density at radius 2 is 1.55 bits per heavy atom. The van der Waals surface area contributed by atoms with E-state index in [1.54, 1.807) is 41.0 Å². The minimum absolute atomic E-state index is 0.130. The Hall–Kier alpha value is -4.53. The van der Waals surface area contributed by atoms with Crippen LogP contribution >= 0.6 is 0 Å². The number of benzene rings is 3. The molecular weight excluding hydrogens is 486 g/mol. The molecule has 1 heterocycles. The van der Waals surface area contributed by atoms with Gasteiger partial charge >= 0.3 is 6.09 Å². The third-order valence-corrected chi connectivity index (χ3v) is 6.34. The van der Waals surface area contributed by atoms with E-state index in [2.05, 4.69) is 5.32 Å². The first-order valence-corrected chi connectivity index (χ1v) is 12.4. The molecule has 1 saturated heterocycles. The van der Waals surface area contributed by atoms with Gasteiger partial charge in [0.25, 0.3) is 11.8 Å². The maximum atomic E-state index is 13.7. The van der Waals surface area contributed by atoms with Gasteiger partial charge in [0, 0.05) is 31.7 Å². The molecule has 38 heavy (non-hydrogen) atoms. The zero-order valence-electron chi connectivity index (χ0n) is 21.7. The highest BCUT2D eigenvalue weighted by atomic mass is 16.6. The lowest BCUT2D eigenvalue weighted by molar-refractivity contribution is -0.128. The van der Waals surface area contributed by atoms with Gasteiger partial charge in [-0.15, -0.1) is 0 Å². The van der Waals surface area contributed by atoms with Gasteiger partial charge in [0.15, 0.2) is 11.5 Å². The van der Waals surface area contributed by atoms with Gasteiger partial charge in [-0.25, -0.2) is 4.79 Å². The largest absolute Gasteiger partial charge is 0.493 e. The molecule has 1 aliphatic heterocycles. The molecule has 3 aromatic carbocycles. The SMILES string of the molecule is CCOC(=O)N1CCN(C(=O)C(=Cc2cccc3ccccc23)NC(=O)c2ccc(OC)c(OC)c2)CC1. The maximum Gasteiger partial charge on any atom is 0.409 e. The van der Waals surface area contributed by atoms with Crippen LogP contribution in [0.5, 0.6) is 11.5 Å². The second-order valence-electron chi connectivity index (χ2n) is 8.63. The molecule has 3 aromatic rings. The van der Waals surface area contributed by atoms with Crippen LogP contribution in [0.15, 0.2) is 66.4 Å². The molecule has 198 valence electrons. The van der Waals surface area contributed by atoms with Crippen molar-refractivity contribution in [3.63, 3.8) is 0 Å². The summed E-state index contributed by atoms with van der Waals surface area (Å²) in [5, 5.41) is 4.78. The van der Waals surface area contributed by atoms with Crippen LogP contribution in [0.1, 0.15) is 22.8 Å². The van der Waals surface area contributed by atoms with Gasteiger partial charge in [-0.2, -0.15) is 0 Å². The molecular formula is C29H31N3O6. The molecule has 0 unspecified atom stereocenters. The smallest absolute Gasteiger partial charge is 0.409 e. The van der Waals surface area contributed by atoms with E-state index in [9.17, 15) is 14.4 Å². The van der Waals surface area contributed by atoms with Crippen molar-refractivity contribution in [3.8, 4) is 11.5 Å². The third kappa shape index (κ3) is 5.88. The Balaban J connectivity index is 1.64. The summed E-state index contributed by atoms with van der Waals surface area (Å²) in [5.74, 6) is 0.0958. The highest BCUT2D eigenvalue weighted by molar-refractivity contribution is 6.07. The Morgan fingerprint density at radius 1 is 0.868 bits per heavy atom. The lowest BCUT2D eigenvalue weighted by Gasteiger charge is -2.34. The van der Waals surface area contributed by atoms with E-state index in [-0.39, 0.29) is 18.2 Å². The number of carbonyl (C=O) groups is 3. The topological polar surface area (TPSA) is 97.4 Å². The zero-order valence-corrected chi connectivity index (χ0v) is 21.7. The minimum atomic E-state index is -0.462. The molecule has 0 bridgehead atoms. The van der Waals surface area contributed by atoms with E-state index in [1.165, 1.54) is 14.2 Å². The van der Waals surface area contributed by atoms with Crippen molar-refractivity contribution in [2.45, 2.75) is 6.92 Å². The number of ether oxygens (including phenoxy) is 3. The maximum absolute atomic E-state index is 13.7. The fourth-order valence-electron chi connectivity index (χ4n) is 4.33. The molecule has 0 radical (unpaired) electrons. The van der Waals surface area contributed by atoms with Gasteiger partial charge in [0.1, 0.15) is 5.70 Å². The van der Waals surface area contributed by atoms with E-state index in [0.717, 1.165) is 16.3 Å². The number of nitrogens with zero attached hydrogens (tertiary/aromatic N) is 2. The number of hydrogen-bond acceptors (Lipinski definition) is 6. The predicted octanol–water partition coefficient (Wildman–Crippen LogP) is 3.93. The summed E-state index contributed by atoms with van der Waals surface area (Å²) >= 11 is 0. The second kappa shape index (κ2) is 12.1. The van der Waals surface area contributed by atoms with Crippen molar-refractivity contribution < 1.29 is 28.6 Å². The summed E-state index contributed by atoms with van der Waals surface area (Å²) in [6, 6.07) is 18.4. The summed E-state index contributed by atoms with van der Waals surface area (Å²) in [7, 11) is 3.01. The molecule has 0 aromatic heterocycles. The van der Waals surface area contributed by atoms with Crippen LogP contribution in [0.4, 0.5) is 4.79 Å². The number of fused-ring (bicyclic) bond motifs is 1. The molecule has 1 N–H and O–H groups in total. The highest BCUT2D eigenvalue weighted by Crippen LogP contribution is 2.28. The van der Waals surface area contributed by atoms with E-state index >= 15 is 0 Å². The second-order valence-corrected chi connectivity index (χ2v) is 8.63. The Kier molecular flexibility index (Phi) is 8.47. The van der Waals surface area contributed by atoms with Crippen LogP contribution in [0.2, 0.25) is 0 Å². The molecule has 0 saturated carbocycles. The third-order valence-electron chi connectivity index (χ3n) is 6.34. The molecule has 0 atom stereocenters. The normalized spacial score (nSPS) is 13.7. The summed E-state index contributed by atoms with van der Waals surface area (Å²) < 4.78 is 15.7. The Morgan fingerprint density at radius 3 is 2.26 bits per heavy atom. The van der Waals surface area contributed by atoms with Gasteiger partial charge < -0.3 is 29.3 Å². The first kappa shape index (κ1) is 26.5. The van der Waals surface area contributed by atoms with Crippen molar-refractivity contribution in [1.82, 2.24) is 15.1 Å². The van der Waals surface area contributed by atoms with Crippen LogP contribution in [-0.2, 0) is 9.53 Å². The number of hydrogen-bond donors (Lipinski definition) is 1. The molecule has 1 fully saturated rings. The molecule has 3 amide bonds. The molecule has 9 heteroatoms. The van der Waals surface area contributed by atoms with Crippen molar-refractivity contribution in [3.05, 3.63) is 77.5 Å². The zero-order chi connectivity index (χ0) is 27.1. The molecule has 0 aliphatic carbocycles. The van der Waals surface area contributed by atoms with Gasteiger partial charge in [-0.3, -0.25) is 9.59 Å². The summed E-state index contributed by atoms with van der Waals surface area (Å²) in [6.45, 7) is 3.36. The monoisotopic (exact) mass is 517 g/mol. The van der Waals surface area contributed by atoms with Gasteiger partial charge in [-0.05, 0) is 47.5 Å². The van der Waals surface area contributed by atoms with E-state index in [4.69, 9.17) is 14.2 Å². The quantitative estimate of drug-likeness (QED) is 0.477. The van der Waals surface area contributed by atoms with Crippen LogP contribution < -0.4 is 14.8 Å². The molecule has 0 spiro atoms. The fourth-order valence-corrected chi connectivity index (χ4v) is 4.33. The van der Waals surface area contributed by atoms with Crippen molar-refractivity contribution in [1.29, 1.82) is 0 Å².